The van der Waals surface area contributed by atoms with Gasteiger partial charge in [-0.2, -0.15) is 17.0 Å². The third-order valence-corrected chi connectivity index (χ3v) is 7.53. The van der Waals surface area contributed by atoms with Gasteiger partial charge in [-0.15, -0.1) is 0 Å². The van der Waals surface area contributed by atoms with Gasteiger partial charge in [0.05, 0.1) is 12.5 Å². The molecular weight excluding hydrogens is 706 g/mol. The maximum atomic E-state index is 13.4. The van der Waals surface area contributed by atoms with Crippen LogP contribution >= 0.6 is 11.8 Å². The van der Waals surface area contributed by atoms with Gasteiger partial charge >= 0.3 is 29.8 Å². The Morgan fingerprint density at radius 1 is 0.647 bits per heavy atom. The van der Waals surface area contributed by atoms with Gasteiger partial charge in [-0.1, -0.05) is 0 Å². The monoisotopic (exact) mass is 747 g/mol. The van der Waals surface area contributed by atoms with E-state index in [4.69, 9.17) is 21.1 Å². The minimum Gasteiger partial charge on any atom is -0.481 e. The summed E-state index contributed by atoms with van der Waals surface area (Å²) in [5.74, 6) is -12.9. The van der Waals surface area contributed by atoms with Crippen LogP contribution in [0.25, 0.3) is 0 Å². The van der Waals surface area contributed by atoms with E-state index in [2.05, 4.69) is 21.3 Å². The number of rotatable bonds is 25. The van der Waals surface area contributed by atoms with E-state index >= 15 is 0 Å². The maximum absolute atomic E-state index is 13.4. The van der Waals surface area contributed by atoms with Gasteiger partial charge in [0.1, 0.15) is 30.2 Å². The van der Waals surface area contributed by atoms with Crippen molar-refractivity contribution in [1.82, 2.24) is 26.2 Å². The van der Waals surface area contributed by atoms with E-state index in [1.165, 1.54) is 18.0 Å². The summed E-state index contributed by atoms with van der Waals surface area (Å²) in [5, 5.41) is 63.8. The fourth-order valence-corrected chi connectivity index (χ4v) is 4.56. The van der Waals surface area contributed by atoms with Gasteiger partial charge in [-0.3, -0.25) is 43.2 Å². The van der Waals surface area contributed by atoms with Crippen molar-refractivity contribution in [1.29, 1.82) is 5.26 Å². The largest absolute Gasteiger partial charge is 0.481 e. The smallest absolute Gasteiger partial charge is 0.327 e. The highest BCUT2D eigenvalue weighted by atomic mass is 32.2. The first-order chi connectivity index (χ1) is 23.7. The molecule has 0 radical (unpaired) electrons. The van der Waals surface area contributed by atoms with Crippen LogP contribution in [0.2, 0.25) is 0 Å². The summed E-state index contributed by atoms with van der Waals surface area (Å²) in [4.78, 5) is 122. The normalized spacial score (nSPS) is 14.1. The Kier molecular flexibility index (Phi) is 20.5. The van der Waals surface area contributed by atoms with E-state index < -0.39 is 141 Å². The fraction of sp³-hybridized carbons (Fsp3) is 0.607. The van der Waals surface area contributed by atoms with Gasteiger partial charge in [0.2, 0.25) is 23.6 Å². The quantitative estimate of drug-likeness (QED) is 0.0326. The lowest BCUT2D eigenvalue weighted by atomic mass is 10.0. The fourth-order valence-electron chi connectivity index (χ4n) is 4.08. The van der Waals surface area contributed by atoms with Gasteiger partial charge in [0.25, 0.3) is 5.91 Å². The Bertz CT molecular complexity index is 1370. The molecule has 0 spiro atoms. The van der Waals surface area contributed by atoms with Gasteiger partial charge < -0.3 is 52.5 Å². The van der Waals surface area contributed by atoms with Crippen molar-refractivity contribution in [3.05, 3.63) is 0 Å². The molecule has 0 aromatic heterocycles. The maximum Gasteiger partial charge on any atom is 0.327 e. The van der Waals surface area contributed by atoms with Crippen LogP contribution < -0.4 is 27.0 Å². The Morgan fingerprint density at radius 3 is 1.37 bits per heavy atom. The summed E-state index contributed by atoms with van der Waals surface area (Å²) < 4.78 is 0. The van der Waals surface area contributed by atoms with Crippen molar-refractivity contribution in [2.24, 2.45) is 5.73 Å². The third-order valence-electron chi connectivity index (χ3n) is 6.89. The van der Waals surface area contributed by atoms with Crippen LogP contribution in [0.15, 0.2) is 0 Å². The number of carboxylic acid groups (broad SMARTS) is 5. The van der Waals surface area contributed by atoms with Gasteiger partial charge in [0.15, 0.2) is 6.19 Å². The van der Waals surface area contributed by atoms with E-state index in [1.54, 1.807) is 6.26 Å². The molecule has 5 amide bonds. The van der Waals surface area contributed by atoms with E-state index in [0.717, 1.165) is 6.92 Å². The summed E-state index contributed by atoms with van der Waals surface area (Å²) >= 11 is 1.22. The molecule has 0 aliphatic rings. The van der Waals surface area contributed by atoms with E-state index in [0.29, 0.717) is 0 Å². The first kappa shape index (κ1) is 45.5. The van der Waals surface area contributed by atoms with E-state index in [1.807, 2.05) is 0 Å². The van der Waals surface area contributed by atoms with Gasteiger partial charge in [-0.05, 0) is 44.6 Å². The van der Waals surface area contributed by atoms with Gasteiger partial charge in [0, 0.05) is 19.3 Å². The Balaban J connectivity index is 6.37. The molecular formula is C28H41N7O15S. The number of aliphatic carboxylic acids is 5. The van der Waals surface area contributed by atoms with Crippen molar-refractivity contribution in [2.75, 3.05) is 12.0 Å². The van der Waals surface area contributed by atoms with Crippen molar-refractivity contribution >= 4 is 71.1 Å². The van der Waals surface area contributed by atoms with Crippen LogP contribution in [0, 0.1) is 11.5 Å². The number of nitrogens with one attached hydrogen (secondary N) is 4. The third kappa shape index (κ3) is 17.6. The molecule has 0 rings (SSSR count). The molecule has 0 unspecified atom stereocenters. The topological polar surface area (TPSA) is 373 Å². The predicted octanol–water partition coefficient (Wildman–Crippen LogP) is -3.14. The van der Waals surface area contributed by atoms with Crippen molar-refractivity contribution < 1.29 is 73.5 Å². The van der Waals surface area contributed by atoms with Crippen LogP contribution in [0.4, 0.5) is 0 Å². The molecule has 0 aromatic rings. The van der Waals surface area contributed by atoms with Gasteiger partial charge in [-0.25, -0.2) is 9.69 Å². The molecule has 51 heavy (non-hydrogen) atoms. The number of hydrogen-bond donors (Lipinski definition) is 10. The van der Waals surface area contributed by atoms with Crippen molar-refractivity contribution in [3.8, 4) is 6.19 Å². The zero-order chi connectivity index (χ0) is 39.4. The lowest BCUT2D eigenvalue weighted by Crippen LogP contribution is -2.59. The van der Waals surface area contributed by atoms with Crippen LogP contribution in [0.3, 0.4) is 0 Å². The summed E-state index contributed by atoms with van der Waals surface area (Å²) in [6.45, 7) is 0.973. The molecule has 23 heteroatoms. The minimum atomic E-state index is -1.82. The standard InChI is InChI=1S/C28H41N7O15S/c1-13(28(49)50)35(12-29)27(48)18(5-8-21(40)41)34-25(46)16(4-7-20(38)39)32-26(47)17(9-10-51-2)33-24(45)15(3-6-19(36)37)31-23(44)14(30)11-22(42)43/h13-18H,3-11,30H2,1-2H3,(H,31,44)(H,32,47)(H,33,45)(H,34,46)(H,36,37)(H,38,39)(H,40,41)(H,42,43)(H,49,50)/t13-,14-,15-,16-,17-,18-/m0/s1. The first-order valence-electron chi connectivity index (χ1n) is 15.0. The van der Waals surface area contributed by atoms with Crippen LogP contribution in [0.5, 0.6) is 0 Å². The second-order valence-corrected chi connectivity index (χ2v) is 11.8. The van der Waals surface area contributed by atoms with E-state index in [9.17, 15) is 63.4 Å². The second kappa shape index (κ2) is 23.0. The summed E-state index contributed by atoms with van der Waals surface area (Å²) in [6, 6.07) is -10.1. The lowest BCUT2D eigenvalue weighted by Gasteiger charge is -2.28. The molecule has 284 valence electrons. The number of carbonyl (C=O) groups excluding carboxylic acids is 5. The number of amides is 5. The first-order valence-corrected chi connectivity index (χ1v) is 16.4. The number of nitriles is 1. The zero-order valence-electron chi connectivity index (χ0n) is 27.5. The molecule has 0 aromatic carbocycles. The molecule has 0 bridgehead atoms. The van der Waals surface area contributed by atoms with Crippen LogP contribution in [-0.4, -0.2) is 138 Å². The minimum absolute atomic E-state index is 0.131. The molecule has 0 aliphatic heterocycles. The number of nitrogens with two attached hydrogens (primary N) is 1. The molecule has 0 heterocycles. The molecule has 0 aliphatic carbocycles. The summed E-state index contributed by atoms with van der Waals surface area (Å²) in [5.41, 5.74) is 5.53. The Labute approximate surface area is 294 Å². The van der Waals surface area contributed by atoms with Crippen LogP contribution in [-0.2, 0) is 47.9 Å². The SMILES string of the molecule is CSCC[C@H](NC(=O)[C@H](CCC(=O)O)NC(=O)[C@@H](N)CC(=O)O)C(=O)N[C@@H](CCC(=O)O)C(=O)N[C@@H](CCC(=O)O)C(=O)N(C#N)[C@@H](C)C(=O)O. The Hall–Kier alpha value is -5.50. The molecule has 22 nitrogen and oxygen atoms in total. The number of hydrogen-bond acceptors (Lipinski definition) is 13. The molecule has 0 saturated heterocycles. The summed E-state index contributed by atoms with van der Waals surface area (Å²) in [6.07, 6.45) is -1.85. The highest BCUT2D eigenvalue weighted by Crippen LogP contribution is 2.10. The number of carboxylic acids is 5. The summed E-state index contributed by atoms with van der Waals surface area (Å²) in [7, 11) is 0. The molecule has 0 saturated carbocycles. The molecule has 6 atom stereocenters. The zero-order valence-corrected chi connectivity index (χ0v) is 28.3. The second-order valence-electron chi connectivity index (χ2n) is 10.9. The number of carbonyl (C=O) groups is 10. The lowest BCUT2D eigenvalue weighted by molar-refractivity contribution is -0.148. The van der Waals surface area contributed by atoms with E-state index in [-0.39, 0.29) is 17.1 Å². The number of nitrogens with zero attached hydrogens (tertiary/aromatic N) is 2. The Morgan fingerprint density at radius 2 is 1.02 bits per heavy atom. The van der Waals surface area contributed by atoms with Crippen molar-refractivity contribution in [2.45, 2.75) is 94.5 Å². The average Bonchev–Trinajstić information content (AvgIpc) is 3.03. The average molecular weight is 748 g/mol. The molecule has 0 fully saturated rings. The van der Waals surface area contributed by atoms with Crippen LogP contribution in [0.1, 0.15) is 58.3 Å². The highest BCUT2D eigenvalue weighted by molar-refractivity contribution is 7.98. The highest BCUT2D eigenvalue weighted by Gasteiger charge is 2.36. The van der Waals surface area contributed by atoms with Crippen molar-refractivity contribution in [3.63, 3.8) is 0 Å². The predicted molar refractivity (Wildman–Crippen MR) is 171 cm³/mol. The molecule has 11 N–H and O–H groups in total. The number of thioether (sulfide) groups is 1.